The fraction of sp³-hybridized carbons (Fsp3) is 0.409. The number of carbonyl (C=O) groups excluding carboxylic acids is 1. The molecule has 158 valence electrons. The van der Waals surface area contributed by atoms with Gasteiger partial charge < -0.3 is 14.3 Å². The molecule has 31 heavy (non-hydrogen) atoms. The van der Waals surface area contributed by atoms with Gasteiger partial charge in [0.05, 0.1) is 23.2 Å². The van der Waals surface area contributed by atoms with E-state index in [9.17, 15) is 4.79 Å². The number of rotatable bonds is 4. The van der Waals surface area contributed by atoms with Crippen molar-refractivity contribution in [2.24, 2.45) is 0 Å². The Morgan fingerprint density at radius 1 is 1.32 bits per heavy atom. The highest BCUT2D eigenvalue weighted by molar-refractivity contribution is 5.90. The first kappa shape index (κ1) is 18.3. The van der Waals surface area contributed by atoms with Crippen LogP contribution in [0.3, 0.4) is 0 Å². The van der Waals surface area contributed by atoms with Crippen LogP contribution in [0.4, 0.5) is 0 Å². The minimum atomic E-state index is -0.418. The van der Waals surface area contributed by atoms with E-state index >= 15 is 0 Å². The van der Waals surface area contributed by atoms with Crippen LogP contribution in [-0.4, -0.2) is 47.1 Å². The Labute approximate surface area is 178 Å². The van der Waals surface area contributed by atoms with E-state index in [0.717, 1.165) is 47.6 Å². The molecule has 1 N–H and O–H groups in total. The van der Waals surface area contributed by atoms with Crippen molar-refractivity contribution < 1.29 is 9.21 Å². The highest BCUT2D eigenvalue weighted by Crippen LogP contribution is 2.47. The monoisotopic (exact) mass is 417 g/mol. The van der Waals surface area contributed by atoms with E-state index in [-0.39, 0.29) is 17.2 Å². The number of pyridine rings is 1. The minimum Gasteiger partial charge on any atom is -0.416 e. The van der Waals surface area contributed by atoms with Gasteiger partial charge in [0.25, 0.3) is 0 Å². The Morgan fingerprint density at radius 3 is 3.00 bits per heavy atom. The summed E-state index contributed by atoms with van der Waals surface area (Å²) in [6.07, 6.45) is 5.24. The van der Waals surface area contributed by atoms with E-state index in [4.69, 9.17) is 9.52 Å². The lowest BCUT2D eigenvalue weighted by Gasteiger charge is -2.32. The van der Waals surface area contributed by atoms with Gasteiger partial charge in [0.2, 0.25) is 5.89 Å². The summed E-state index contributed by atoms with van der Waals surface area (Å²) in [5, 5.41) is 13.1. The van der Waals surface area contributed by atoms with Crippen molar-refractivity contribution in [2.45, 2.75) is 51.0 Å². The number of aryl methyl sites for hydroxylation is 1. The molecule has 0 radical (unpaired) electrons. The zero-order chi connectivity index (χ0) is 21.2. The molecule has 1 fully saturated rings. The molecule has 6 rings (SSSR count). The maximum absolute atomic E-state index is 13.5. The van der Waals surface area contributed by atoms with Gasteiger partial charge in [-0.1, -0.05) is 19.9 Å². The molecule has 1 aliphatic carbocycles. The van der Waals surface area contributed by atoms with Gasteiger partial charge in [-0.3, -0.25) is 4.79 Å². The number of imidazole rings is 1. The SMILES string of the molecule is CCc1cccc2cc([C@H]3c4nc[nH]c4CCN3C(=O)c3nnc(C4(C)CC4)o3)nn12. The first-order valence-electron chi connectivity index (χ1n) is 10.7. The smallest absolute Gasteiger partial charge is 0.312 e. The number of hydrogen-bond acceptors (Lipinski definition) is 6. The number of aromatic amines is 1. The van der Waals surface area contributed by atoms with E-state index in [2.05, 4.69) is 40.1 Å². The number of H-pyrrole nitrogens is 1. The van der Waals surface area contributed by atoms with Crippen LogP contribution in [0.2, 0.25) is 0 Å². The van der Waals surface area contributed by atoms with Gasteiger partial charge in [-0.2, -0.15) is 5.10 Å². The molecule has 1 saturated carbocycles. The first-order chi connectivity index (χ1) is 15.1. The third-order valence-corrected chi connectivity index (χ3v) is 6.54. The number of amides is 1. The number of fused-ring (bicyclic) bond motifs is 2. The number of hydrogen-bond donors (Lipinski definition) is 1. The molecule has 0 unspecified atom stereocenters. The molecule has 1 atom stereocenters. The van der Waals surface area contributed by atoms with Gasteiger partial charge in [0, 0.05) is 29.8 Å². The Morgan fingerprint density at radius 2 is 2.19 bits per heavy atom. The van der Waals surface area contributed by atoms with Crippen molar-refractivity contribution in [3.63, 3.8) is 0 Å². The second kappa shape index (κ2) is 6.50. The van der Waals surface area contributed by atoms with Crippen molar-refractivity contribution in [1.82, 2.24) is 34.7 Å². The first-order valence-corrected chi connectivity index (χ1v) is 10.7. The normalized spacial score (nSPS) is 19.5. The number of aromatic nitrogens is 6. The van der Waals surface area contributed by atoms with Crippen LogP contribution >= 0.6 is 0 Å². The predicted octanol–water partition coefficient (Wildman–Crippen LogP) is 2.84. The van der Waals surface area contributed by atoms with Gasteiger partial charge in [-0.15, -0.1) is 10.2 Å². The van der Waals surface area contributed by atoms with Gasteiger partial charge >= 0.3 is 11.8 Å². The van der Waals surface area contributed by atoms with Crippen LogP contribution in [0, 0.1) is 0 Å². The molecule has 0 aromatic carbocycles. The molecular weight excluding hydrogens is 394 g/mol. The molecular formula is C22H23N7O2. The van der Waals surface area contributed by atoms with Gasteiger partial charge in [0.1, 0.15) is 6.04 Å². The Hall–Kier alpha value is -3.49. The average Bonchev–Trinajstić information content (AvgIpc) is 3.23. The van der Waals surface area contributed by atoms with Crippen molar-refractivity contribution in [2.75, 3.05) is 6.54 Å². The standard InChI is InChI=1S/C22H23N7O2/c1-3-13-5-4-6-14-11-16(27-29(13)14)18-17-15(23-12-24-17)7-10-28(18)20(30)19-25-26-21(31-19)22(2)8-9-22/h4-6,11-12,18H,3,7-10H2,1-2H3,(H,23,24)/t18-/m0/s1. The third-order valence-electron chi connectivity index (χ3n) is 6.54. The van der Waals surface area contributed by atoms with E-state index in [1.807, 2.05) is 22.7 Å². The van der Waals surface area contributed by atoms with E-state index in [0.29, 0.717) is 18.9 Å². The summed E-state index contributed by atoms with van der Waals surface area (Å²) >= 11 is 0. The highest BCUT2D eigenvalue weighted by atomic mass is 16.4. The second-order valence-corrected chi connectivity index (χ2v) is 8.67. The number of carbonyl (C=O) groups is 1. The van der Waals surface area contributed by atoms with Crippen LogP contribution in [0.1, 0.15) is 72.1 Å². The topological polar surface area (TPSA) is 105 Å². The Bertz CT molecular complexity index is 1300. The quantitative estimate of drug-likeness (QED) is 0.547. The molecule has 4 aromatic heterocycles. The summed E-state index contributed by atoms with van der Waals surface area (Å²) in [7, 11) is 0. The Kier molecular flexibility index (Phi) is 3.84. The number of nitrogens with one attached hydrogen (secondary N) is 1. The second-order valence-electron chi connectivity index (χ2n) is 8.67. The van der Waals surface area contributed by atoms with E-state index in [1.54, 1.807) is 11.2 Å². The summed E-state index contributed by atoms with van der Waals surface area (Å²) in [6, 6.07) is 7.72. The molecule has 9 nitrogen and oxygen atoms in total. The Balaban J connectivity index is 1.43. The summed E-state index contributed by atoms with van der Waals surface area (Å²) in [5.74, 6) is 0.296. The van der Waals surface area contributed by atoms with Crippen LogP contribution in [0.25, 0.3) is 5.52 Å². The lowest BCUT2D eigenvalue weighted by molar-refractivity contribution is 0.0643. The summed E-state index contributed by atoms with van der Waals surface area (Å²) < 4.78 is 7.75. The van der Waals surface area contributed by atoms with Gasteiger partial charge in [0.15, 0.2) is 0 Å². The molecule has 9 heteroatoms. The summed E-state index contributed by atoms with van der Waals surface area (Å²) in [6.45, 7) is 4.70. The van der Waals surface area contributed by atoms with E-state index in [1.165, 1.54) is 0 Å². The fourth-order valence-corrected chi connectivity index (χ4v) is 4.37. The summed E-state index contributed by atoms with van der Waals surface area (Å²) in [5.41, 5.74) is 4.63. The van der Waals surface area contributed by atoms with Crippen molar-refractivity contribution >= 4 is 11.4 Å². The molecule has 5 heterocycles. The average molecular weight is 417 g/mol. The molecule has 4 aromatic rings. The molecule has 1 aliphatic heterocycles. The zero-order valence-electron chi connectivity index (χ0n) is 17.5. The maximum atomic E-state index is 13.5. The van der Waals surface area contributed by atoms with Crippen molar-refractivity contribution in [1.29, 1.82) is 0 Å². The minimum absolute atomic E-state index is 0.0325. The lowest BCUT2D eigenvalue weighted by Crippen LogP contribution is -2.41. The number of nitrogens with zero attached hydrogens (tertiary/aromatic N) is 6. The van der Waals surface area contributed by atoms with E-state index < -0.39 is 6.04 Å². The molecule has 1 amide bonds. The molecule has 0 bridgehead atoms. The zero-order valence-corrected chi connectivity index (χ0v) is 17.5. The predicted molar refractivity (Wildman–Crippen MR) is 111 cm³/mol. The van der Waals surface area contributed by atoms with Crippen molar-refractivity contribution in [3.8, 4) is 0 Å². The highest BCUT2D eigenvalue weighted by Gasteiger charge is 2.45. The van der Waals surface area contributed by atoms with Crippen LogP contribution in [0.5, 0.6) is 0 Å². The molecule has 0 saturated heterocycles. The fourth-order valence-electron chi connectivity index (χ4n) is 4.37. The lowest BCUT2D eigenvalue weighted by atomic mass is 9.99. The van der Waals surface area contributed by atoms with Gasteiger partial charge in [-0.25, -0.2) is 9.50 Å². The van der Waals surface area contributed by atoms with Crippen LogP contribution in [0.15, 0.2) is 35.0 Å². The van der Waals surface area contributed by atoms with Crippen LogP contribution < -0.4 is 0 Å². The molecule has 2 aliphatic rings. The summed E-state index contributed by atoms with van der Waals surface area (Å²) in [4.78, 5) is 23.0. The largest absolute Gasteiger partial charge is 0.416 e. The molecule has 0 spiro atoms. The third kappa shape index (κ3) is 2.79. The van der Waals surface area contributed by atoms with Crippen molar-refractivity contribution in [3.05, 3.63) is 65.1 Å². The van der Waals surface area contributed by atoms with Gasteiger partial charge in [-0.05, 0) is 37.5 Å². The maximum Gasteiger partial charge on any atom is 0.312 e. The van der Waals surface area contributed by atoms with Crippen LogP contribution in [-0.2, 0) is 18.3 Å².